The Labute approximate surface area is 534 Å². The van der Waals surface area contributed by atoms with Gasteiger partial charge in [-0.25, -0.2) is 0 Å². The van der Waals surface area contributed by atoms with Crippen molar-refractivity contribution in [3.05, 3.63) is 263 Å². The molecule has 0 bridgehead atoms. The second-order valence-electron chi connectivity index (χ2n) is 24.4. The molecule has 0 fully saturated rings. The summed E-state index contributed by atoms with van der Waals surface area (Å²) >= 11 is 0. The Bertz CT molecular complexity index is 4270. The minimum atomic E-state index is -2.10. The van der Waals surface area contributed by atoms with Gasteiger partial charge in [0.25, 0.3) is 0 Å². The molecule has 0 saturated heterocycles. The van der Waals surface area contributed by atoms with Crippen molar-refractivity contribution in [3.63, 3.8) is 0 Å². The summed E-state index contributed by atoms with van der Waals surface area (Å²) in [4.78, 5) is 0. The Kier molecular flexibility index (Phi) is 19.8. The number of hydrogen-bond acceptors (Lipinski definition) is 0. The first kappa shape index (κ1) is 59.2. The van der Waals surface area contributed by atoms with Crippen LogP contribution >= 0.6 is 0 Å². The standard InChI is InChI=1S/2C17H22N.3C16H20N/c2*1-11-8-7-9-12(2)17(11)16-10-13(3)14(4)15(5)18(16)6;3*1-11-7-6-8-15(14(11)4)16-12(2)9-10-13(3)17(16)5/h2*7-10H,1-6H3;3*6-10H,1-5H3/q5*+1/i4D3;;3D3;;. The van der Waals surface area contributed by atoms with E-state index in [2.05, 4.69) is 256 Å². The molecule has 5 aromatic heterocycles. The van der Waals surface area contributed by atoms with Crippen LogP contribution in [0, 0.1) is 152 Å². The molecule has 0 aliphatic carbocycles. The molecule has 5 aromatic carbocycles. The topological polar surface area (TPSA) is 19.4 Å². The van der Waals surface area contributed by atoms with Crippen LogP contribution in [0.3, 0.4) is 0 Å². The SMILES string of the molecule is Cc1cc(-c2c(C)cccc2C)[n+](C)c(C)c1C.Cc1cccc(-c2c(C)ccc(C)[n+]2C)c1C.Cc1cccc(-c2c(C)ccc(C)[n+]2C)c1C.[2H]C([2H])([2H])c1c(C)cc(-c2c(C)cccc2C)[n+](C)c1C.[2H]C([2H])([2H])c1ccc(C)c(-c2cccc(C)c2C)[n+]1C. The van der Waals surface area contributed by atoms with Crippen LogP contribution in [0.15, 0.2) is 140 Å². The van der Waals surface area contributed by atoms with E-state index in [9.17, 15) is 0 Å². The van der Waals surface area contributed by atoms with Gasteiger partial charge < -0.3 is 0 Å². The maximum atomic E-state index is 7.73. The number of pyridine rings is 5. The fourth-order valence-corrected chi connectivity index (χ4v) is 11.8. The smallest absolute Gasteiger partial charge is 0.198 e. The molecule has 0 amide bonds. The molecule has 0 aliphatic heterocycles. The molecule has 5 nitrogen and oxygen atoms in total. The number of aryl methyl sites for hydroxylation is 15. The van der Waals surface area contributed by atoms with Crippen LogP contribution in [-0.4, -0.2) is 0 Å². The van der Waals surface area contributed by atoms with Crippen molar-refractivity contribution >= 4 is 0 Å². The third-order valence-corrected chi connectivity index (χ3v) is 18.6. The number of rotatable bonds is 5. The monoisotopic (exact) mass is 1160 g/mol. The van der Waals surface area contributed by atoms with Crippen molar-refractivity contribution in [1.29, 1.82) is 0 Å². The maximum Gasteiger partial charge on any atom is 0.215 e. The Hall–Kier alpha value is -8.15. The normalized spacial score (nSPS) is 12.0. The second kappa shape index (κ2) is 29.0. The number of hydrogen-bond donors (Lipinski definition) is 0. The Morgan fingerprint density at radius 2 is 0.517 bits per heavy atom. The highest BCUT2D eigenvalue weighted by Crippen LogP contribution is 2.31. The van der Waals surface area contributed by atoms with E-state index in [1.165, 1.54) is 134 Å². The maximum absolute atomic E-state index is 7.73. The molecule has 87 heavy (non-hydrogen) atoms. The molecule has 0 spiro atoms. The first-order valence-corrected chi connectivity index (χ1v) is 30.6. The molecule has 5 heteroatoms. The van der Waals surface area contributed by atoms with E-state index in [1.807, 2.05) is 69.8 Å². The van der Waals surface area contributed by atoms with E-state index in [4.69, 9.17) is 8.22 Å². The largest absolute Gasteiger partial charge is 0.215 e. The predicted octanol–water partition coefficient (Wildman–Crippen LogP) is 17.7. The van der Waals surface area contributed by atoms with Gasteiger partial charge in [0.15, 0.2) is 28.5 Å². The lowest BCUT2D eigenvalue weighted by molar-refractivity contribution is -0.667. The van der Waals surface area contributed by atoms with Crippen LogP contribution in [0.1, 0.15) is 131 Å². The van der Waals surface area contributed by atoms with Crippen molar-refractivity contribution in [3.8, 4) is 56.3 Å². The van der Waals surface area contributed by atoms with E-state index < -0.39 is 13.7 Å². The minimum absolute atomic E-state index is 0.360. The van der Waals surface area contributed by atoms with Gasteiger partial charge in [-0.3, -0.25) is 0 Å². The van der Waals surface area contributed by atoms with Gasteiger partial charge in [0, 0.05) is 118 Å². The van der Waals surface area contributed by atoms with Crippen molar-refractivity contribution in [2.24, 2.45) is 35.2 Å². The third kappa shape index (κ3) is 15.0. The summed E-state index contributed by atoms with van der Waals surface area (Å²) in [6.07, 6.45) is 0. The zero-order valence-electron chi connectivity index (χ0n) is 63.5. The van der Waals surface area contributed by atoms with Crippen LogP contribution in [0.25, 0.3) is 56.3 Å². The summed E-state index contributed by atoms with van der Waals surface area (Å²) in [6, 6.07) is 48.5. The minimum Gasteiger partial charge on any atom is -0.198 e. The van der Waals surface area contributed by atoms with Crippen molar-refractivity contribution in [2.45, 2.75) is 152 Å². The molecular weight excluding hydrogens is 1050 g/mol. The summed E-state index contributed by atoms with van der Waals surface area (Å²) in [5.41, 5.74) is 38.1. The van der Waals surface area contributed by atoms with Gasteiger partial charge in [-0.15, -0.1) is 0 Å². The molecule has 452 valence electrons. The molecular formula is C82H104N5+5. The third-order valence-electron chi connectivity index (χ3n) is 18.6. The van der Waals surface area contributed by atoms with Crippen LogP contribution < -0.4 is 22.8 Å². The molecule has 0 N–H and O–H groups in total. The van der Waals surface area contributed by atoms with Gasteiger partial charge in [-0.1, -0.05) is 72.8 Å². The van der Waals surface area contributed by atoms with Gasteiger partial charge in [-0.2, -0.15) is 22.8 Å². The van der Waals surface area contributed by atoms with Gasteiger partial charge in [0.1, 0.15) is 35.2 Å². The first-order chi connectivity index (χ1) is 43.3. The Morgan fingerprint density at radius 1 is 0.241 bits per heavy atom. The lowest BCUT2D eigenvalue weighted by Gasteiger charge is -2.12. The molecule has 10 rings (SSSR count). The zero-order chi connectivity index (χ0) is 69.6. The molecule has 0 saturated carbocycles. The van der Waals surface area contributed by atoms with Crippen LogP contribution in [0.5, 0.6) is 0 Å². The van der Waals surface area contributed by atoms with E-state index in [1.54, 1.807) is 10.6 Å². The van der Waals surface area contributed by atoms with E-state index >= 15 is 0 Å². The van der Waals surface area contributed by atoms with Crippen LogP contribution in [0.2, 0.25) is 0 Å². The summed E-state index contributed by atoms with van der Waals surface area (Å²) in [5.74, 6) is 0. The lowest BCUT2D eigenvalue weighted by atomic mass is 9.96. The summed E-state index contributed by atoms with van der Waals surface area (Å²) in [7, 11) is 10.2. The predicted molar refractivity (Wildman–Crippen MR) is 369 cm³/mol. The summed E-state index contributed by atoms with van der Waals surface area (Å²) in [6.45, 7) is 38.3. The number of nitrogens with zero attached hydrogens (tertiary/aromatic N) is 5. The van der Waals surface area contributed by atoms with E-state index in [0.717, 1.165) is 33.8 Å². The summed E-state index contributed by atoms with van der Waals surface area (Å²) in [5, 5.41) is 0. The Balaban J connectivity index is 0.000000185. The average molecular weight is 1170 g/mol. The highest BCUT2D eigenvalue weighted by Gasteiger charge is 2.24. The molecule has 0 radical (unpaired) electrons. The van der Waals surface area contributed by atoms with Gasteiger partial charge in [0.2, 0.25) is 28.5 Å². The number of benzene rings is 5. The fourth-order valence-electron chi connectivity index (χ4n) is 11.8. The molecule has 0 unspecified atom stereocenters. The van der Waals surface area contributed by atoms with Crippen molar-refractivity contribution in [2.75, 3.05) is 0 Å². The highest BCUT2D eigenvalue weighted by atomic mass is 15.0. The van der Waals surface area contributed by atoms with Crippen molar-refractivity contribution < 1.29 is 31.1 Å². The molecule has 10 aromatic rings. The van der Waals surface area contributed by atoms with Gasteiger partial charge >= 0.3 is 0 Å². The van der Waals surface area contributed by atoms with Crippen LogP contribution in [0.4, 0.5) is 0 Å². The molecule has 0 aliphatic rings. The quantitative estimate of drug-likeness (QED) is 0.153. The molecule has 0 atom stereocenters. The van der Waals surface area contributed by atoms with E-state index in [0.29, 0.717) is 11.3 Å². The highest BCUT2D eigenvalue weighted by molar-refractivity contribution is 5.69. The summed E-state index contributed by atoms with van der Waals surface area (Å²) < 4.78 is 56.8. The Morgan fingerprint density at radius 3 is 0.839 bits per heavy atom. The zero-order valence-corrected chi connectivity index (χ0v) is 57.5. The average Bonchev–Trinajstić information content (AvgIpc) is 0.810. The second-order valence-corrected chi connectivity index (χ2v) is 24.4. The number of aromatic nitrogens is 5. The van der Waals surface area contributed by atoms with Gasteiger partial charge in [-0.05, 0) is 221 Å². The van der Waals surface area contributed by atoms with Crippen LogP contribution in [-0.2, 0) is 35.2 Å². The van der Waals surface area contributed by atoms with Crippen molar-refractivity contribution in [1.82, 2.24) is 0 Å². The van der Waals surface area contributed by atoms with E-state index in [-0.39, 0.29) is 0 Å². The fraction of sp³-hybridized carbons (Fsp3) is 0.329. The van der Waals surface area contributed by atoms with Gasteiger partial charge in [0.05, 0.1) is 11.1 Å². The lowest BCUT2D eigenvalue weighted by Crippen LogP contribution is -2.36. The molecule has 5 heterocycles. The first-order valence-electron chi connectivity index (χ1n) is 33.6.